The fraction of sp³-hybridized carbons (Fsp3) is 0.478. The van der Waals surface area contributed by atoms with Crippen molar-refractivity contribution in [3.63, 3.8) is 0 Å². The van der Waals surface area contributed by atoms with Gasteiger partial charge in [0.1, 0.15) is 5.00 Å². The number of amides is 2. The Bertz CT molecular complexity index is 914. The van der Waals surface area contributed by atoms with Crippen molar-refractivity contribution < 1.29 is 9.59 Å². The number of anilines is 1. The van der Waals surface area contributed by atoms with E-state index in [4.69, 9.17) is 11.6 Å². The molecule has 4 nitrogen and oxygen atoms in total. The second-order valence-electron chi connectivity index (χ2n) is 8.70. The Hall–Kier alpha value is -1.85. The molecule has 0 bridgehead atoms. The molecule has 0 fully saturated rings. The second-order valence-corrected chi connectivity index (χ2v) is 10.2. The quantitative estimate of drug-likeness (QED) is 0.613. The number of carbonyl (C=O) groups is 2. The Morgan fingerprint density at radius 3 is 2.59 bits per heavy atom. The van der Waals surface area contributed by atoms with Crippen LogP contribution in [-0.2, 0) is 12.8 Å². The van der Waals surface area contributed by atoms with Crippen LogP contribution in [-0.4, -0.2) is 18.4 Å². The van der Waals surface area contributed by atoms with Crippen LogP contribution in [0.1, 0.15) is 71.7 Å². The monoisotopic (exact) mass is 432 g/mol. The molecule has 0 aliphatic heterocycles. The number of rotatable bonds is 5. The molecule has 1 atom stereocenters. The van der Waals surface area contributed by atoms with E-state index in [-0.39, 0.29) is 17.2 Å². The summed E-state index contributed by atoms with van der Waals surface area (Å²) in [5.74, 6) is 0.173. The molecule has 2 aromatic rings. The molecule has 0 radical (unpaired) electrons. The Labute approximate surface area is 182 Å². The number of benzene rings is 1. The molecule has 1 aliphatic rings. The zero-order valence-electron chi connectivity index (χ0n) is 17.5. The standard InChI is InChI=1S/C23H29ClN2O2S/c1-5-12-25-21(28)19-16-11-10-14(23(2,3)4)13-18(16)29-22(19)26-20(27)15-8-6-7-9-17(15)24/h6-9,14H,5,10-13H2,1-4H3,(H,25,28)(H,26,27)/t14-/m0/s1. The minimum Gasteiger partial charge on any atom is -0.352 e. The number of fused-ring (bicyclic) bond motifs is 1. The predicted molar refractivity (Wildman–Crippen MR) is 121 cm³/mol. The van der Waals surface area contributed by atoms with E-state index in [0.29, 0.717) is 33.6 Å². The van der Waals surface area contributed by atoms with Gasteiger partial charge in [-0.15, -0.1) is 11.3 Å². The van der Waals surface area contributed by atoms with Gasteiger partial charge in [-0.05, 0) is 54.7 Å². The molecule has 1 aromatic carbocycles. The van der Waals surface area contributed by atoms with Crippen LogP contribution in [0.4, 0.5) is 5.00 Å². The maximum absolute atomic E-state index is 12.9. The lowest BCUT2D eigenvalue weighted by atomic mass is 9.72. The normalized spacial score (nSPS) is 16.2. The molecule has 6 heteroatoms. The van der Waals surface area contributed by atoms with Crippen LogP contribution < -0.4 is 10.6 Å². The van der Waals surface area contributed by atoms with E-state index in [1.54, 1.807) is 24.3 Å². The van der Waals surface area contributed by atoms with Crippen LogP contribution in [0.15, 0.2) is 24.3 Å². The van der Waals surface area contributed by atoms with Gasteiger partial charge in [-0.2, -0.15) is 0 Å². The van der Waals surface area contributed by atoms with Crippen LogP contribution in [0.5, 0.6) is 0 Å². The van der Waals surface area contributed by atoms with Crippen LogP contribution in [0, 0.1) is 11.3 Å². The van der Waals surface area contributed by atoms with Crippen molar-refractivity contribution in [2.45, 2.75) is 53.4 Å². The maximum Gasteiger partial charge on any atom is 0.257 e. The highest BCUT2D eigenvalue weighted by Crippen LogP contribution is 2.44. The Morgan fingerprint density at radius 2 is 1.93 bits per heavy atom. The van der Waals surface area contributed by atoms with Crippen molar-refractivity contribution >= 4 is 39.8 Å². The molecule has 2 amide bonds. The average molecular weight is 433 g/mol. The highest BCUT2D eigenvalue weighted by molar-refractivity contribution is 7.17. The van der Waals surface area contributed by atoms with E-state index in [0.717, 1.165) is 31.2 Å². The van der Waals surface area contributed by atoms with Gasteiger partial charge < -0.3 is 10.6 Å². The van der Waals surface area contributed by atoms with Crippen molar-refractivity contribution in [2.75, 3.05) is 11.9 Å². The number of halogens is 1. The summed E-state index contributed by atoms with van der Waals surface area (Å²) in [5, 5.41) is 6.98. The second kappa shape index (κ2) is 8.88. The lowest BCUT2D eigenvalue weighted by Crippen LogP contribution is -2.29. The van der Waals surface area contributed by atoms with Crippen molar-refractivity contribution in [2.24, 2.45) is 11.3 Å². The van der Waals surface area contributed by atoms with Gasteiger partial charge >= 0.3 is 0 Å². The van der Waals surface area contributed by atoms with Gasteiger partial charge in [0.25, 0.3) is 11.8 Å². The summed E-state index contributed by atoms with van der Waals surface area (Å²) in [4.78, 5) is 27.0. The molecule has 0 unspecified atom stereocenters. The first-order valence-corrected chi connectivity index (χ1v) is 11.4. The first-order chi connectivity index (χ1) is 13.7. The summed E-state index contributed by atoms with van der Waals surface area (Å²) in [6.45, 7) is 9.45. The lowest BCUT2D eigenvalue weighted by Gasteiger charge is -2.33. The van der Waals surface area contributed by atoms with Gasteiger partial charge in [-0.3, -0.25) is 9.59 Å². The van der Waals surface area contributed by atoms with Crippen LogP contribution in [0.25, 0.3) is 0 Å². The number of nitrogens with one attached hydrogen (secondary N) is 2. The molecule has 156 valence electrons. The van der Waals surface area contributed by atoms with Gasteiger partial charge in [0.05, 0.1) is 16.1 Å². The van der Waals surface area contributed by atoms with Crippen LogP contribution in [0.3, 0.4) is 0 Å². The molecule has 29 heavy (non-hydrogen) atoms. The lowest BCUT2D eigenvalue weighted by molar-refractivity contribution is 0.0953. The number of hydrogen-bond donors (Lipinski definition) is 2. The summed E-state index contributed by atoms with van der Waals surface area (Å²) in [6, 6.07) is 6.96. The van der Waals surface area contributed by atoms with Crippen molar-refractivity contribution in [1.82, 2.24) is 5.32 Å². The minimum atomic E-state index is -0.286. The first-order valence-electron chi connectivity index (χ1n) is 10.2. The molecule has 1 aliphatic carbocycles. The van der Waals surface area contributed by atoms with Gasteiger partial charge in [-0.25, -0.2) is 0 Å². The summed E-state index contributed by atoms with van der Waals surface area (Å²) in [7, 11) is 0. The van der Waals surface area contributed by atoms with Gasteiger partial charge in [0, 0.05) is 11.4 Å². The highest BCUT2D eigenvalue weighted by atomic mass is 35.5. The number of thiophene rings is 1. The third-order valence-corrected chi connectivity index (χ3v) is 7.10. The maximum atomic E-state index is 12.9. The zero-order valence-corrected chi connectivity index (χ0v) is 19.1. The van der Waals surface area contributed by atoms with Crippen LogP contribution >= 0.6 is 22.9 Å². The molecule has 1 aromatic heterocycles. The van der Waals surface area contributed by atoms with Gasteiger partial charge in [0.15, 0.2) is 0 Å². The predicted octanol–water partition coefficient (Wildman–Crippen LogP) is 5.94. The minimum absolute atomic E-state index is 0.104. The van der Waals surface area contributed by atoms with E-state index in [2.05, 4.69) is 31.4 Å². The topological polar surface area (TPSA) is 58.2 Å². The van der Waals surface area contributed by atoms with Gasteiger partial charge in [-0.1, -0.05) is 51.4 Å². The molecular weight excluding hydrogens is 404 g/mol. The number of carbonyl (C=O) groups excluding carboxylic acids is 2. The molecule has 0 saturated heterocycles. The molecule has 0 saturated carbocycles. The molecule has 1 heterocycles. The van der Waals surface area contributed by atoms with Crippen molar-refractivity contribution in [3.05, 3.63) is 50.9 Å². The zero-order chi connectivity index (χ0) is 21.2. The Kier molecular flexibility index (Phi) is 6.69. The highest BCUT2D eigenvalue weighted by Gasteiger charge is 2.34. The van der Waals surface area contributed by atoms with E-state index >= 15 is 0 Å². The van der Waals surface area contributed by atoms with E-state index in [9.17, 15) is 9.59 Å². The molecular formula is C23H29ClN2O2S. The van der Waals surface area contributed by atoms with E-state index in [1.165, 1.54) is 16.2 Å². The van der Waals surface area contributed by atoms with Gasteiger partial charge in [0.2, 0.25) is 0 Å². The molecule has 0 spiro atoms. The number of hydrogen-bond acceptors (Lipinski definition) is 3. The summed E-state index contributed by atoms with van der Waals surface area (Å²) in [6.07, 6.45) is 3.73. The SMILES string of the molecule is CCCNC(=O)c1c(NC(=O)c2ccccc2Cl)sc2c1CC[C@H](C(C)(C)C)C2. The smallest absolute Gasteiger partial charge is 0.257 e. The largest absolute Gasteiger partial charge is 0.352 e. The third kappa shape index (κ3) is 4.84. The first kappa shape index (κ1) is 21.8. The summed E-state index contributed by atoms with van der Waals surface area (Å²) < 4.78 is 0. The molecule has 3 rings (SSSR count). The van der Waals surface area contributed by atoms with Crippen LogP contribution in [0.2, 0.25) is 5.02 Å². The third-order valence-electron chi connectivity index (χ3n) is 5.60. The summed E-state index contributed by atoms with van der Waals surface area (Å²) >= 11 is 7.73. The van der Waals surface area contributed by atoms with E-state index in [1.807, 2.05) is 6.92 Å². The Balaban J connectivity index is 1.95. The fourth-order valence-corrected chi connectivity index (χ4v) is 5.34. The fourth-order valence-electron chi connectivity index (χ4n) is 3.80. The van der Waals surface area contributed by atoms with Crippen molar-refractivity contribution in [1.29, 1.82) is 0 Å². The molecule has 2 N–H and O–H groups in total. The summed E-state index contributed by atoms with van der Waals surface area (Å²) in [5.41, 5.74) is 2.35. The average Bonchev–Trinajstić information content (AvgIpc) is 3.02. The van der Waals surface area contributed by atoms with Crippen molar-refractivity contribution in [3.8, 4) is 0 Å². The Morgan fingerprint density at radius 1 is 1.21 bits per heavy atom. The van der Waals surface area contributed by atoms with E-state index < -0.39 is 0 Å².